The summed E-state index contributed by atoms with van der Waals surface area (Å²) in [6.45, 7) is 2.88. The first-order valence-electron chi connectivity index (χ1n) is 11.1. The topological polar surface area (TPSA) is 82.9 Å². The van der Waals surface area contributed by atoms with Crippen LogP contribution in [0.3, 0.4) is 0 Å². The van der Waals surface area contributed by atoms with Gasteiger partial charge in [0.2, 0.25) is 11.8 Å². The number of hydrogen-bond acceptors (Lipinski definition) is 5. The van der Waals surface area contributed by atoms with E-state index in [0.717, 1.165) is 43.4 Å². The molecule has 0 unspecified atom stereocenters. The molecule has 1 aromatic rings. The molecule has 2 amide bonds. The Labute approximate surface area is 183 Å². The fourth-order valence-electron chi connectivity index (χ4n) is 3.77. The van der Waals surface area contributed by atoms with Crippen LogP contribution in [-0.4, -0.2) is 34.5 Å². The van der Waals surface area contributed by atoms with Crippen LogP contribution < -0.4 is 10.6 Å². The molecule has 2 aliphatic rings. The lowest BCUT2D eigenvalue weighted by Gasteiger charge is -2.16. The van der Waals surface area contributed by atoms with Crippen molar-refractivity contribution in [2.45, 2.75) is 76.4 Å². The summed E-state index contributed by atoms with van der Waals surface area (Å²) in [5.41, 5.74) is 3.40. The van der Waals surface area contributed by atoms with Gasteiger partial charge in [-0.3, -0.25) is 9.59 Å². The predicted octanol–water partition coefficient (Wildman–Crippen LogP) is 4.18. The molecule has 7 heteroatoms. The molecule has 1 aliphatic heterocycles. The first-order valence-corrected chi connectivity index (χ1v) is 12.0. The van der Waals surface area contributed by atoms with Gasteiger partial charge in [-0.05, 0) is 31.2 Å². The number of unbranched alkanes of at least 4 members (excludes halogenated alkanes) is 5. The molecule has 0 aromatic heterocycles. The number of amidine groups is 1. The van der Waals surface area contributed by atoms with Crippen LogP contribution in [0.25, 0.3) is 0 Å². The molecule has 30 heavy (non-hydrogen) atoms. The maximum Gasteiger partial charge on any atom is 0.240 e. The number of fused-ring (bicyclic) bond motifs is 1. The van der Waals surface area contributed by atoms with E-state index in [-0.39, 0.29) is 18.2 Å². The Balaban J connectivity index is 1.44. The number of nitrogens with one attached hydrogen (secondary N) is 2. The van der Waals surface area contributed by atoms with Crippen LogP contribution in [0.15, 0.2) is 34.5 Å². The molecule has 3 rings (SSSR count). The smallest absolute Gasteiger partial charge is 0.240 e. The number of rotatable bonds is 10. The SMILES string of the molecule is CCCCCCCCNC(=O)C[C@@H]1SC(=NN=C2CCCc3ccccc32)NC1=O. The summed E-state index contributed by atoms with van der Waals surface area (Å²) < 4.78 is 0. The maximum atomic E-state index is 12.2. The summed E-state index contributed by atoms with van der Waals surface area (Å²) in [5, 5.41) is 14.4. The van der Waals surface area contributed by atoms with Gasteiger partial charge in [-0.2, -0.15) is 5.10 Å². The van der Waals surface area contributed by atoms with E-state index in [9.17, 15) is 9.59 Å². The molecule has 2 N–H and O–H groups in total. The molecule has 1 aliphatic carbocycles. The third kappa shape index (κ3) is 6.69. The molecular weight excluding hydrogens is 396 g/mol. The summed E-state index contributed by atoms with van der Waals surface area (Å²) in [6.07, 6.45) is 10.3. The van der Waals surface area contributed by atoms with Crippen molar-refractivity contribution >= 4 is 34.5 Å². The number of benzene rings is 1. The molecule has 0 spiro atoms. The number of carbonyl (C=O) groups excluding carboxylic acids is 2. The Kier molecular flexibility index (Phi) is 8.93. The van der Waals surface area contributed by atoms with E-state index < -0.39 is 5.25 Å². The lowest BCUT2D eigenvalue weighted by atomic mass is 9.90. The highest BCUT2D eigenvalue weighted by Crippen LogP contribution is 2.24. The normalized spacial score (nSPS) is 21.0. The fraction of sp³-hybridized carbons (Fsp3) is 0.565. The lowest BCUT2D eigenvalue weighted by Crippen LogP contribution is -2.31. The second-order valence-electron chi connectivity index (χ2n) is 7.88. The molecular formula is C23H32N4O2S. The minimum Gasteiger partial charge on any atom is -0.356 e. The van der Waals surface area contributed by atoms with Gasteiger partial charge < -0.3 is 10.6 Å². The van der Waals surface area contributed by atoms with Crippen molar-refractivity contribution in [1.82, 2.24) is 10.6 Å². The van der Waals surface area contributed by atoms with Gasteiger partial charge in [-0.15, -0.1) is 5.10 Å². The molecule has 162 valence electrons. The first kappa shape index (κ1) is 22.5. The monoisotopic (exact) mass is 428 g/mol. The number of thioether (sulfide) groups is 1. The van der Waals surface area contributed by atoms with Crippen molar-refractivity contribution in [2.24, 2.45) is 10.2 Å². The molecule has 1 atom stereocenters. The molecule has 1 fully saturated rings. The first-order chi connectivity index (χ1) is 14.7. The molecule has 0 bridgehead atoms. The van der Waals surface area contributed by atoms with Gasteiger partial charge in [0.25, 0.3) is 0 Å². The van der Waals surface area contributed by atoms with E-state index in [2.05, 4.69) is 39.9 Å². The Morgan fingerprint density at radius 3 is 2.80 bits per heavy atom. The van der Waals surface area contributed by atoms with Crippen LogP contribution in [0.5, 0.6) is 0 Å². The largest absolute Gasteiger partial charge is 0.356 e. The van der Waals surface area contributed by atoms with Gasteiger partial charge in [0.15, 0.2) is 5.17 Å². The van der Waals surface area contributed by atoms with Crippen molar-refractivity contribution in [3.8, 4) is 0 Å². The number of carbonyl (C=O) groups is 2. The van der Waals surface area contributed by atoms with Crippen LogP contribution in [0, 0.1) is 0 Å². The van der Waals surface area contributed by atoms with Crippen molar-refractivity contribution in [1.29, 1.82) is 0 Å². The zero-order chi connectivity index (χ0) is 21.2. The van der Waals surface area contributed by atoms with Crippen LogP contribution >= 0.6 is 11.8 Å². The minimum absolute atomic E-state index is 0.0787. The standard InChI is InChI=1S/C23H32N4O2S/c1-2-3-4-5-6-9-15-24-21(28)16-20-22(29)25-23(30-20)27-26-19-14-10-12-17-11-7-8-13-18(17)19/h7-8,11,13,20H,2-6,9-10,12,14-16H2,1H3,(H,24,28)(H,25,27,29)/t20-/m0/s1. The fourth-order valence-corrected chi connectivity index (χ4v) is 4.69. The molecule has 0 radical (unpaired) electrons. The molecule has 6 nitrogen and oxygen atoms in total. The second-order valence-corrected chi connectivity index (χ2v) is 9.07. The third-order valence-corrected chi connectivity index (χ3v) is 6.52. The molecule has 1 heterocycles. The van der Waals surface area contributed by atoms with E-state index in [1.54, 1.807) is 0 Å². The van der Waals surface area contributed by atoms with Crippen molar-refractivity contribution in [2.75, 3.05) is 6.54 Å². The van der Waals surface area contributed by atoms with Gasteiger partial charge in [0.1, 0.15) is 5.25 Å². The van der Waals surface area contributed by atoms with Crippen LogP contribution in [-0.2, 0) is 16.0 Å². The summed E-state index contributed by atoms with van der Waals surface area (Å²) in [6, 6.07) is 8.26. The maximum absolute atomic E-state index is 12.2. The Hall–Kier alpha value is -2.15. The molecule has 0 saturated carbocycles. The highest BCUT2D eigenvalue weighted by Gasteiger charge is 2.32. The summed E-state index contributed by atoms with van der Waals surface area (Å²) in [4.78, 5) is 24.4. The van der Waals surface area contributed by atoms with E-state index in [1.165, 1.54) is 43.0 Å². The third-order valence-electron chi connectivity index (χ3n) is 5.45. The lowest BCUT2D eigenvalue weighted by molar-refractivity contribution is -0.125. The predicted molar refractivity (Wildman–Crippen MR) is 124 cm³/mol. The van der Waals surface area contributed by atoms with E-state index in [0.29, 0.717) is 11.7 Å². The summed E-state index contributed by atoms with van der Waals surface area (Å²) in [5.74, 6) is -0.248. The average molecular weight is 429 g/mol. The Morgan fingerprint density at radius 2 is 1.93 bits per heavy atom. The molecule has 1 saturated heterocycles. The zero-order valence-electron chi connectivity index (χ0n) is 17.8. The van der Waals surface area contributed by atoms with Crippen molar-refractivity contribution < 1.29 is 9.59 Å². The number of nitrogens with zero attached hydrogens (tertiary/aromatic N) is 2. The number of aryl methyl sites for hydroxylation is 1. The van der Waals surface area contributed by atoms with Gasteiger partial charge in [-0.25, -0.2) is 0 Å². The summed E-state index contributed by atoms with van der Waals surface area (Å²) >= 11 is 1.29. The summed E-state index contributed by atoms with van der Waals surface area (Å²) in [7, 11) is 0. The van der Waals surface area contributed by atoms with E-state index >= 15 is 0 Å². The minimum atomic E-state index is -0.438. The number of hydrogen-bond donors (Lipinski definition) is 2. The van der Waals surface area contributed by atoms with Crippen LogP contribution in [0.2, 0.25) is 0 Å². The van der Waals surface area contributed by atoms with Gasteiger partial charge in [0.05, 0.1) is 5.71 Å². The van der Waals surface area contributed by atoms with Crippen LogP contribution in [0.4, 0.5) is 0 Å². The van der Waals surface area contributed by atoms with Crippen molar-refractivity contribution in [3.05, 3.63) is 35.4 Å². The van der Waals surface area contributed by atoms with Gasteiger partial charge in [0, 0.05) is 18.5 Å². The van der Waals surface area contributed by atoms with Gasteiger partial charge >= 0.3 is 0 Å². The number of amides is 2. The highest BCUT2D eigenvalue weighted by molar-refractivity contribution is 8.15. The van der Waals surface area contributed by atoms with Gasteiger partial charge in [-0.1, -0.05) is 75.1 Å². The Bertz CT molecular complexity index is 806. The second kappa shape index (κ2) is 11.9. The van der Waals surface area contributed by atoms with Crippen LogP contribution in [0.1, 0.15) is 75.8 Å². The van der Waals surface area contributed by atoms with E-state index in [1.807, 2.05) is 12.1 Å². The zero-order valence-corrected chi connectivity index (χ0v) is 18.6. The van der Waals surface area contributed by atoms with Crippen molar-refractivity contribution in [3.63, 3.8) is 0 Å². The Morgan fingerprint density at radius 1 is 1.13 bits per heavy atom. The van der Waals surface area contributed by atoms with E-state index in [4.69, 9.17) is 0 Å². The average Bonchev–Trinajstić information content (AvgIpc) is 3.10. The quantitative estimate of drug-likeness (QED) is 0.433. The highest BCUT2D eigenvalue weighted by atomic mass is 32.2. The molecule has 1 aromatic carbocycles.